The molecule has 1 saturated heterocycles. The van der Waals surface area contributed by atoms with Crippen LogP contribution in [0.2, 0.25) is 0 Å². The van der Waals surface area contributed by atoms with Gasteiger partial charge >= 0.3 is 6.18 Å². The lowest BCUT2D eigenvalue weighted by atomic mass is 10.00. The largest absolute Gasteiger partial charge is 0.416 e. The van der Waals surface area contributed by atoms with Crippen molar-refractivity contribution in [3.8, 4) is 0 Å². The second-order valence-corrected chi connectivity index (χ2v) is 11.8. The number of carbonyl (C=O) groups excluding carboxylic acids is 1. The fraction of sp³-hybridized carbons (Fsp3) is 0.486. The highest BCUT2D eigenvalue weighted by Crippen LogP contribution is 2.34. The zero-order valence-corrected chi connectivity index (χ0v) is 28.3. The van der Waals surface area contributed by atoms with Gasteiger partial charge in [-0.15, -0.1) is 0 Å². The Labute approximate surface area is 271 Å². The van der Waals surface area contributed by atoms with Crippen LogP contribution in [0.15, 0.2) is 82.4 Å². The van der Waals surface area contributed by atoms with Crippen LogP contribution in [0.3, 0.4) is 0 Å². The molecule has 0 spiro atoms. The summed E-state index contributed by atoms with van der Waals surface area (Å²) in [7, 11) is 5.83. The molecule has 252 valence electrons. The Kier molecular flexibility index (Phi) is 13.3. The SMILES string of the molecule is CC.CC1=CC=C(C(=O)NCC2=CC(C(F)(F)F)=C(CN(C)C3CCN(C)CC3)CC=C2)CC=C1N/C=C(\N)c1cnn(C)c1C. The molecular weight excluding hydrogens is 591 g/mol. The zero-order chi connectivity index (χ0) is 34.0. The Bertz CT molecular complexity index is 1450. The van der Waals surface area contributed by atoms with Crippen LogP contribution in [0.25, 0.3) is 5.70 Å². The summed E-state index contributed by atoms with van der Waals surface area (Å²) in [6.07, 6.45) is 11.5. The first-order valence-corrected chi connectivity index (χ1v) is 16.0. The van der Waals surface area contributed by atoms with E-state index in [1.807, 2.05) is 53.9 Å². The fourth-order valence-electron chi connectivity index (χ4n) is 5.61. The highest BCUT2D eigenvalue weighted by atomic mass is 19.4. The van der Waals surface area contributed by atoms with Crippen LogP contribution in [0.1, 0.15) is 57.7 Å². The van der Waals surface area contributed by atoms with Gasteiger partial charge in [0.15, 0.2) is 0 Å². The van der Waals surface area contributed by atoms with Crippen molar-refractivity contribution in [2.75, 3.05) is 40.3 Å². The maximum atomic E-state index is 14.2. The van der Waals surface area contributed by atoms with E-state index in [2.05, 4.69) is 32.6 Å². The van der Waals surface area contributed by atoms with Crippen molar-refractivity contribution in [2.45, 2.75) is 65.6 Å². The molecule has 1 aliphatic heterocycles. The molecule has 8 nitrogen and oxygen atoms in total. The van der Waals surface area contributed by atoms with Gasteiger partial charge in [-0.05, 0) is 89.5 Å². The normalized spacial score (nSPS) is 18.5. The van der Waals surface area contributed by atoms with E-state index >= 15 is 0 Å². The lowest BCUT2D eigenvalue weighted by molar-refractivity contribution is -0.117. The summed E-state index contributed by atoms with van der Waals surface area (Å²) in [5.74, 6) is -0.328. The monoisotopic (exact) mass is 641 g/mol. The average molecular weight is 642 g/mol. The predicted molar refractivity (Wildman–Crippen MR) is 180 cm³/mol. The van der Waals surface area contributed by atoms with Gasteiger partial charge < -0.3 is 21.3 Å². The second-order valence-electron chi connectivity index (χ2n) is 11.8. The van der Waals surface area contributed by atoms with Crippen LogP contribution in [0.4, 0.5) is 13.2 Å². The summed E-state index contributed by atoms with van der Waals surface area (Å²) in [6, 6.07) is 0.261. The van der Waals surface area contributed by atoms with Crippen molar-refractivity contribution in [1.29, 1.82) is 0 Å². The molecule has 0 aromatic carbocycles. The minimum Gasteiger partial charge on any atom is -0.397 e. The van der Waals surface area contributed by atoms with Gasteiger partial charge in [-0.25, -0.2) is 0 Å². The number of aryl methyl sites for hydroxylation is 1. The number of nitrogens with one attached hydrogen (secondary N) is 2. The number of allylic oxidation sites excluding steroid dienone is 7. The summed E-state index contributed by atoms with van der Waals surface area (Å²) in [6.45, 7) is 9.99. The number of aromatic nitrogens is 2. The van der Waals surface area contributed by atoms with Gasteiger partial charge in [0, 0.05) is 54.9 Å². The molecule has 1 fully saturated rings. The molecule has 1 aromatic heterocycles. The molecule has 2 aliphatic carbocycles. The number of hydrogen-bond donors (Lipinski definition) is 3. The van der Waals surface area contributed by atoms with Gasteiger partial charge in [-0.3, -0.25) is 14.4 Å². The number of nitrogens with zero attached hydrogens (tertiary/aromatic N) is 4. The van der Waals surface area contributed by atoms with E-state index in [1.165, 1.54) is 6.08 Å². The average Bonchev–Trinajstić information content (AvgIpc) is 3.16. The highest BCUT2D eigenvalue weighted by Gasteiger charge is 2.36. The van der Waals surface area contributed by atoms with E-state index in [-0.39, 0.29) is 31.5 Å². The first-order chi connectivity index (χ1) is 21.8. The molecule has 0 bridgehead atoms. The third kappa shape index (κ3) is 9.83. The molecule has 3 aliphatic rings. The number of hydrogen-bond acceptors (Lipinski definition) is 6. The summed E-state index contributed by atoms with van der Waals surface area (Å²) in [4.78, 5) is 17.4. The van der Waals surface area contributed by atoms with Crippen LogP contribution in [-0.2, 0) is 11.8 Å². The van der Waals surface area contributed by atoms with E-state index in [0.717, 1.165) is 48.5 Å². The lowest BCUT2D eigenvalue weighted by Gasteiger charge is -2.35. The number of amides is 1. The minimum absolute atomic E-state index is 0.00835. The molecular formula is C35H50F3N7O. The van der Waals surface area contributed by atoms with Crippen molar-refractivity contribution in [2.24, 2.45) is 12.8 Å². The third-order valence-electron chi connectivity index (χ3n) is 8.62. The van der Waals surface area contributed by atoms with Gasteiger partial charge in [-0.2, -0.15) is 18.3 Å². The molecule has 11 heteroatoms. The molecule has 0 radical (unpaired) electrons. The van der Waals surface area contributed by atoms with Crippen LogP contribution in [0.5, 0.6) is 0 Å². The summed E-state index contributed by atoms with van der Waals surface area (Å²) < 4.78 is 44.5. The third-order valence-corrected chi connectivity index (χ3v) is 8.62. The Morgan fingerprint density at radius 1 is 1.15 bits per heavy atom. The quantitative estimate of drug-likeness (QED) is 0.323. The highest BCUT2D eigenvalue weighted by molar-refractivity contribution is 5.94. The topological polar surface area (TPSA) is 91.5 Å². The van der Waals surface area contributed by atoms with Gasteiger partial charge in [0.2, 0.25) is 5.91 Å². The molecule has 0 saturated carbocycles. The number of alkyl halides is 3. The summed E-state index contributed by atoms with van der Waals surface area (Å²) >= 11 is 0. The van der Waals surface area contributed by atoms with Crippen LogP contribution in [0, 0.1) is 6.92 Å². The first kappa shape index (κ1) is 36.6. The number of halogens is 3. The second kappa shape index (κ2) is 16.6. The van der Waals surface area contributed by atoms with E-state index in [1.54, 1.807) is 35.3 Å². The number of piperidine rings is 1. The Morgan fingerprint density at radius 3 is 2.48 bits per heavy atom. The molecule has 1 amide bonds. The standard InChI is InChI=1S/C33H44F3N7O.C2H6/c1-22-9-10-25(11-12-31(22)38-20-30(37)28-19-40-43(5)23(28)2)32(44)39-18-24-7-6-8-26(29(17-24)33(34,35)36)21-42(4)27-13-15-41(3)16-14-27;1-2/h6-7,9-10,12,17,19-20,27,38H,8,11,13-16,18,21,37H2,1-5H3,(H,39,44);1-2H3/b30-20-;. The molecule has 2 heterocycles. The molecule has 1 aromatic rings. The lowest BCUT2D eigenvalue weighted by Crippen LogP contribution is -2.42. The number of nitrogens with two attached hydrogens (primary N) is 1. The molecule has 46 heavy (non-hydrogen) atoms. The Hall–Kier alpha value is -3.83. The van der Waals surface area contributed by atoms with Crippen molar-refractivity contribution in [3.63, 3.8) is 0 Å². The van der Waals surface area contributed by atoms with Gasteiger partial charge in [0.05, 0.1) is 17.5 Å². The maximum absolute atomic E-state index is 14.2. The van der Waals surface area contributed by atoms with E-state index in [0.29, 0.717) is 28.8 Å². The van der Waals surface area contributed by atoms with Gasteiger partial charge in [-0.1, -0.05) is 44.2 Å². The molecule has 4 rings (SSSR count). The molecule has 0 unspecified atom stereocenters. The summed E-state index contributed by atoms with van der Waals surface area (Å²) in [5.41, 5.74) is 10.9. The van der Waals surface area contributed by atoms with Crippen LogP contribution >= 0.6 is 0 Å². The van der Waals surface area contributed by atoms with Crippen LogP contribution in [-0.4, -0.2) is 78.0 Å². The Morgan fingerprint density at radius 2 is 1.85 bits per heavy atom. The fourth-order valence-corrected chi connectivity index (χ4v) is 5.61. The zero-order valence-electron chi connectivity index (χ0n) is 28.3. The predicted octanol–water partition coefficient (Wildman–Crippen LogP) is 5.65. The van der Waals surface area contributed by atoms with Gasteiger partial charge in [0.25, 0.3) is 0 Å². The molecule has 4 N–H and O–H groups in total. The van der Waals surface area contributed by atoms with Crippen LogP contribution < -0.4 is 16.4 Å². The van der Waals surface area contributed by atoms with Crippen molar-refractivity contribution < 1.29 is 18.0 Å². The van der Waals surface area contributed by atoms with Crippen molar-refractivity contribution >= 4 is 11.6 Å². The number of likely N-dealkylation sites (N-methyl/N-ethyl adjacent to an activating group) is 1. The number of carbonyl (C=O) groups is 1. The number of rotatable bonds is 9. The summed E-state index contributed by atoms with van der Waals surface area (Å²) in [5, 5.41) is 10.3. The first-order valence-electron chi connectivity index (χ1n) is 16.0. The van der Waals surface area contributed by atoms with Crippen molar-refractivity contribution in [3.05, 3.63) is 93.7 Å². The van der Waals surface area contributed by atoms with E-state index in [4.69, 9.17) is 5.73 Å². The smallest absolute Gasteiger partial charge is 0.397 e. The van der Waals surface area contributed by atoms with Crippen molar-refractivity contribution in [1.82, 2.24) is 30.2 Å². The minimum atomic E-state index is -4.49. The number of likely N-dealkylation sites (tertiary alicyclic amines) is 1. The Balaban J connectivity index is 0.00000282. The molecule has 0 atom stereocenters. The van der Waals surface area contributed by atoms with E-state index < -0.39 is 11.7 Å². The van der Waals surface area contributed by atoms with E-state index in [9.17, 15) is 18.0 Å². The maximum Gasteiger partial charge on any atom is 0.416 e. The van der Waals surface area contributed by atoms with Gasteiger partial charge in [0.1, 0.15) is 0 Å².